The number of rotatable bonds is 4. The van der Waals surface area contributed by atoms with E-state index in [1.165, 1.54) is 0 Å². The highest BCUT2D eigenvalue weighted by atomic mass is 32.2. The van der Waals surface area contributed by atoms with Gasteiger partial charge in [-0.3, -0.25) is 0 Å². The third-order valence-corrected chi connectivity index (χ3v) is 2.07. The Morgan fingerprint density at radius 3 is 1.40 bits per heavy atom. The van der Waals surface area contributed by atoms with E-state index in [1.54, 1.807) is 0 Å². The van der Waals surface area contributed by atoms with Crippen molar-refractivity contribution in [1.82, 2.24) is 0 Å². The van der Waals surface area contributed by atoms with Gasteiger partial charge in [-0.25, -0.2) is 0 Å². The highest BCUT2D eigenvalue weighted by Gasteiger charge is 2.08. The van der Waals surface area contributed by atoms with Gasteiger partial charge in [0, 0.05) is 9.16 Å². The highest BCUT2D eigenvalue weighted by Crippen LogP contribution is 2.21. The van der Waals surface area contributed by atoms with Crippen molar-refractivity contribution in [1.29, 1.82) is 0 Å². The van der Waals surface area contributed by atoms with E-state index < -0.39 is 0 Å². The van der Waals surface area contributed by atoms with Crippen molar-refractivity contribution in [3.63, 3.8) is 0 Å². The van der Waals surface area contributed by atoms with E-state index in [2.05, 4.69) is 57.4 Å². The van der Waals surface area contributed by atoms with Gasteiger partial charge < -0.3 is 0 Å². The van der Waals surface area contributed by atoms with Crippen LogP contribution in [-0.2, 0) is 0 Å². The second kappa shape index (κ2) is 5.98. The molecule has 0 amide bonds. The van der Waals surface area contributed by atoms with E-state index in [9.17, 15) is 0 Å². The van der Waals surface area contributed by atoms with Crippen LogP contribution in [0.15, 0.2) is 0 Å². The first-order valence-corrected chi connectivity index (χ1v) is 5.31. The predicted octanol–water partition coefficient (Wildman–Crippen LogP) is 2.77. The molecule has 0 nitrogen and oxygen atoms in total. The van der Waals surface area contributed by atoms with Crippen molar-refractivity contribution in [2.75, 3.05) is 0 Å². The van der Waals surface area contributed by atoms with E-state index in [-0.39, 0.29) is 9.16 Å². The van der Waals surface area contributed by atoms with Crippen LogP contribution < -0.4 is 0 Å². The zero-order chi connectivity index (χ0) is 8.15. The molecule has 0 saturated heterocycles. The Morgan fingerprint density at radius 2 is 1.20 bits per heavy atom. The Bertz CT molecular complexity index is 71.8. The van der Waals surface area contributed by atoms with Gasteiger partial charge in [-0.2, -0.15) is 50.5 Å². The molecule has 0 heterocycles. The Labute approximate surface area is 85.2 Å². The molecule has 0 bridgehead atoms. The van der Waals surface area contributed by atoms with Gasteiger partial charge in [-0.15, -0.1) is 0 Å². The third kappa shape index (κ3) is 7.51. The summed E-state index contributed by atoms with van der Waals surface area (Å²) in [5, 5.41) is 0. The van der Waals surface area contributed by atoms with Gasteiger partial charge >= 0.3 is 0 Å². The molecule has 4 heteroatoms. The topological polar surface area (TPSA) is 0 Å². The molecule has 0 aliphatic heterocycles. The van der Waals surface area contributed by atoms with Crippen LogP contribution in [0.3, 0.4) is 0 Å². The summed E-state index contributed by atoms with van der Waals surface area (Å²) in [5.41, 5.74) is 0. The van der Waals surface area contributed by atoms with Gasteiger partial charge in [0.05, 0.1) is 0 Å². The molecule has 0 spiro atoms. The minimum absolute atomic E-state index is 0.190. The fourth-order valence-electron chi connectivity index (χ4n) is 0.816. The number of thiol groups is 4. The quantitative estimate of drug-likeness (QED) is 0.401. The van der Waals surface area contributed by atoms with Crippen LogP contribution in [0.25, 0.3) is 0 Å². The van der Waals surface area contributed by atoms with Gasteiger partial charge in [-0.1, -0.05) is 6.92 Å². The molecule has 0 saturated carbocycles. The van der Waals surface area contributed by atoms with Gasteiger partial charge in [0.15, 0.2) is 0 Å². The summed E-state index contributed by atoms with van der Waals surface area (Å²) in [4.78, 5) is 0. The summed E-state index contributed by atoms with van der Waals surface area (Å²) in [7, 11) is 0. The van der Waals surface area contributed by atoms with Crippen LogP contribution in [0, 0.1) is 5.92 Å². The summed E-state index contributed by atoms with van der Waals surface area (Å²) in [5.74, 6) is 0.611. The first-order chi connectivity index (χ1) is 4.52. The third-order valence-electron chi connectivity index (χ3n) is 1.23. The first kappa shape index (κ1) is 11.4. The van der Waals surface area contributed by atoms with Gasteiger partial charge in [0.25, 0.3) is 0 Å². The fourth-order valence-corrected chi connectivity index (χ4v) is 2.26. The van der Waals surface area contributed by atoms with Crippen LogP contribution in [0.4, 0.5) is 0 Å². The maximum Gasteiger partial charge on any atom is 0.0444 e. The smallest absolute Gasteiger partial charge is 0.0444 e. The second-order valence-electron chi connectivity index (χ2n) is 2.54. The molecule has 0 radical (unpaired) electrons. The lowest BCUT2D eigenvalue weighted by molar-refractivity contribution is 0.538. The monoisotopic (exact) mass is 214 g/mol. The van der Waals surface area contributed by atoms with Crippen LogP contribution in [0.5, 0.6) is 0 Å². The molecule has 0 rings (SSSR count). The van der Waals surface area contributed by atoms with Crippen LogP contribution in [-0.4, -0.2) is 9.16 Å². The molecule has 10 heavy (non-hydrogen) atoms. The summed E-state index contributed by atoms with van der Waals surface area (Å²) in [6.07, 6.45) is 2.04. The lowest BCUT2D eigenvalue weighted by Crippen LogP contribution is -2.04. The Kier molecular flexibility index (Phi) is 6.81. The molecule has 0 aliphatic carbocycles. The molecule has 0 aromatic heterocycles. The van der Waals surface area contributed by atoms with Crippen LogP contribution >= 0.6 is 50.5 Å². The Morgan fingerprint density at radius 1 is 0.900 bits per heavy atom. The lowest BCUT2D eigenvalue weighted by atomic mass is 10.1. The maximum absolute atomic E-state index is 4.17. The predicted molar refractivity (Wildman–Crippen MR) is 61.9 cm³/mol. The normalized spacial score (nSPS) is 12.0. The fraction of sp³-hybridized carbons (Fsp3) is 1.00. The second-order valence-corrected chi connectivity index (χ2v) is 5.85. The molecule has 0 N–H and O–H groups in total. The molecule has 0 aromatic carbocycles. The molecule has 0 atom stereocenters. The summed E-state index contributed by atoms with van der Waals surface area (Å²) in [6.45, 7) is 2.17. The highest BCUT2D eigenvalue weighted by molar-refractivity contribution is 7.99. The largest absolute Gasteiger partial charge is 0.165 e. The van der Waals surface area contributed by atoms with Crippen molar-refractivity contribution < 1.29 is 0 Å². The van der Waals surface area contributed by atoms with Gasteiger partial charge in [0.2, 0.25) is 0 Å². The van der Waals surface area contributed by atoms with Gasteiger partial charge in [-0.05, 0) is 18.8 Å². The van der Waals surface area contributed by atoms with E-state index in [0.29, 0.717) is 5.92 Å². The first-order valence-electron chi connectivity index (χ1n) is 3.24. The molecular formula is C6H14S4. The molecule has 0 aliphatic rings. The molecular weight excluding hydrogens is 200 g/mol. The van der Waals surface area contributed by atoms with E-state index in [4.69, 9.17) is 0 Å². The van der Waals surface area contributed by atoms with Crippen LogP contribution in [0.2, 0.25) is 0 Å². The minimum Gasteiger partial charge on any atom is -0.165 e. The van der Waals surface area contributed by atoms with E-state index >= 15 is 0 Å². The minimum atomic E-state index is 0.190. The Balaban J connectivity index is 3.34. The van der Waals surface area contributed by atoms with Crippen LogP contribution in [0.1, 0.15) is 19.8 Å². The Hall–Kier alpha value is 1.40. The van der Waals surface area contributed by atoms with Gasteiger partial charge in [0.1, 0.15) is 0 Å². The van der Waals surface area contributed by atoms with Crippen molar-refractivity contribution in [3.8, 4) is 0 Å². The van der Waals surface area contributed by atoms with Crippen molar-refractivity contribution >= 4 is 50.5 Å². The molecule has 0 aromatic rings. The molecule has 0 unspecified atom stereocenters. The van der Waals surface area contributed by atoms with Crippen molar-refractivity contribution in [2.24, 2.45) is 5.92 Å². The zero-order valence-corrected chi connectivity index (χ0v) is 9.51. The molecule has 0 fully saturated rings. The summed E-state index contributed by atoms with van der Waals surface area (Å²) < 4.78 is 0.380. The zero-order valence-electron chi connectivity index (χ0n) is 5.94. The molecule has 62 valence electrons. The van der Waals surface area contributed by atoms with Crippen molar-refractivity contribution in [2.45, 2.75) is 28.9 Å². The van der Waals surface area contributed by atoms with E-state index in [1.807, 2.05) is 0 Å². The maximum atomic E-state index is 4.17. The number of hydrogen-bond acceptors (Lipinski definition) is 4. The van der Waals surface area contributed by atoms with Crippen molar-refractivity contribution in [3.05, 3.63) is 0 Å². The standard InChI is InChI=1S/C6H14S4/c1-4(2-5(7)8)3-6(9)10/h4-10H,2-3H2,1H3. The number of hydrogen-bond donors (Lipinski definition) is 4. The summed E-state index contributed by atoms with van der Waals surface area (Å²) >= 11 is 16.7. The van der Waals surface area contributed by atoms with E-state index in [0.717, 1.165) is 12.8 Å². The lowest BCUT2D eigenvalue weighted by Gasteiger charge is -2.13. The average Bonchev–Trinajstić information content (AvgIpc) is 1.58. The SMILES string of the molecule is CC(CC(S)S)CC(S)S. The summed E-state index contributed by atoms with van der Waals surface area (Å²) in [6, 6.07) is 0. The average molecular weight is 214 g/mol.